The van der Waals surface area contributed by atoms with E-state index in [0.29, 0.717) is 11.3 Å². The summed E-state index contributed by atoms with van der Waals surface area (Å²) in [6.45, 7) is 0. The lowest BCUT2D eigenvalue weighted by Gasteiger charge is -1.92. The fourth-order valence-electron chi connectivity index (χ4n) is 1.42. The standard InChI is InChI=1S/C6H7N5.C4H6N4O/c1-11-3-10-4-5(7)8-2-9-6(4)11;1-8-2-6-4(7-8)3(5)9/h2-3H,1H3,(H2,7,8,9);2H,1H3,(H2,5,9). The van der Waals surface area contributed by atoms with Crippen LogP contribution in [-0.4, -0.2) is 40.2 Å². The molecule has 0 aliphatic heterocycles. The Labute approximate surface area is 113 Å². The van der Waals surface area contributed by atoms with Crippen molar-refractivity contribution in [3.8, 4) is 0 Å². The molecule has 0 saturated carbocycles. The lowest BCUT2D eigenvalue weighted by Crippen LogP contribution is -2.13. The normalized spacial score (nSPS) is 10.1. The van der Waals surface area contributed by atoms with E-state index in [1.54, 1.807) is 17.9 Å². The van der Waals surface area contributed by atoms with E-state index in [1.807, 2.05) is 7.05 Å². The number of anilines is 1. The number of amides is 1. The predicted molar refractivity (Wildman–Crippen MR) is 70.2 cm³/mol. The van der Waals surface area contributed by atoms with E-state index in [4.69, 9.17) is 11.5 Å². The zero-order valence-corrected chi connectivity index (χ0v) is 10.9. The summed E-state index contributed by atoms with van der Waals surface area (Å²) < 4.78 is 3.22. The monoisotopic (exact) mass is 275 g/mol. The molecule has 10 heteroatoms. The molecule has 0 atom stereocenters. The first-order chi connectivity index (χ1) is 9.49. The summed E-state index contributed by atoms with van der Waals surface area (Å²) >= 11 is 0. The van der Waals surface area contributed by atoms with Crippen LogP contribution in [0.4, 0.5) is 5.82 Å². The molecule has 0 saturated heterocycles. The molecule has 3 rings (SSSR count). The highest BCUT2D eigenvalue weighted by Gasteiger charge is 2.03. The van der Waals surface area contributed by atoms with Crippen molar-refractivity contribution in [1.82, 2.24) is 34.3 Å². The first-order valence-corrected chi connectivity index (χ1v) is 5.52. The van der Waals surface area contributed by atoms with Gasteiger partial charge in [-0.1, -0.05) is 0 Å². The molecule has 20 heavy (non-hydrogen) atoms. The predicted octanol–water partition coefficient (Wildman–Crippen LogP) is -1.14. The van der Waals surface area contributed by atoms with Crippen LogP contribution in [0, 0.1) is 0 Å². The van der Waals surface area contributed by atoms with Crippen molar-refractivity contribution in [2.45, 2.75) is 0 Å². The summed E-state index contributed by atoms with van der Waals surface area (Å²) in [6, 6.07) is 0. The van der Waals surface area contributed by atoms with Crippen LogP contribution in [-0.2, 0) is 14.1 Å². The SMILES string of the molecule is Cn1cnc(C(N)=O)n1.Cn1cnc2c(N)ncnc21. The van der Waals surface area contributed by atoms with Crippen molar-refractivity contribution in [3.05, 3.63) is 24.8 Å². The van der Waals surface area contributed by atoms with E-state index in [0.717, 1.165) is 5.65 Å². The molecule has 4 N–H and O–H groups in total. The average molecular weight is 275 g/mol. The minimum Gasteiger partial charge on any atom is -0.382 e. The number of nitrogen functional groups attached to an aromatic ring is 1. The lowest BCUT2D eigenvalue weighted by molar-refractivity contribution is 0.0990. The number of imidazole rings is 1. The smallest absolute Gasteiger partial charge is 0.288 e. The highest BCUT2D eigenvalue weighted by molar-refractivity contribution is 5.88. The Morgan fingerprint density at radius 2 is 1.90 bits per heavy atom. The second-order valence-electron chi connectivity index (χ2n) is 3.89. The first kappa shape index (κ1) is 13.4. The van der Waals surface area contributed by atoms with Gasteiger partial charge in [0.25, 0.3) is 5.91 Å². The highest BCUT2D eigenvalue weighted by Crippen LogP contribution is 2.11. The Morgan fingerprint density at radius 1 is 1.15 bits per heavy atom. The molecular formula is C10H13N9O. The molecule has 0 spiro atoms. The lowest BCUT2D eigenvalue weighted by atomic mass is 10.5. The van der Waals surface area contributed by atoms with Crippen molar-refractivity contribution in [2.75, 3.05) is 5.73 Å². The third kappa shape index (κ3) is 2.68. The van der Waals surface area contributed by atoms with Gasteiger partial charge < -0.3 is 16.0 Å². The van der Waals surface area contributed by atoms with Gasteiger partial charge in [0.15, 0.2) is 11.5 Å². The van der Waals surface area contributed by atoms with E-state index < -0.39 is 5.91 Å². The maximum Gasteiger partial charge on any atom is 0.288 e. The van der Waals surface area contributed by atoms with E-state index in [2.05, 4.69) is 25.0 Å². The number of aromatic nitrogens is 7. The van der Waals surface area contributed by atoms with Crippen LogP contribution in [0.5, 0.6) is 0 Å². The molecule has 104 valence electrons. The van der Waals surface area contributed by atoms with Crippen molar-refractivity contribution in [1.29, 1.82) is 0 Å². The Morgan fingerprint density at radius 3 is 2.40 bits per heavy atom. The van der Waals surface area contributed by atoms with E-state index in [-0.39, 0.29) is 5.82 Å². The number of rotatable bonds is 1. The van der Waals surface area contributed by atoms with Crippen molar-refractivity contribution in [3.63, 3.8) is 0 Å². The number of primary amides is 1. The van der Waals surface area contributed by atoms with Gasteiger partial charge in [-0.3, -0.25) is 9.48 Å². The molecule has 0 aliphatic rings. The summed E-state index contributed by atoms with van der Waals surface area (Å²) in [6.07, 6.45) is 4.51. The van der Waals surface area contributed by atoms with Crippen molar-refractivity contribution in [2.24, 2.45) is 19.8 Å². The van der Waals surface area contributed by atoms with Gasteiger partial charge in [-0.15, -0.1) is 5.10 Å². The van der Waals surface area contributed by atoms with Crippen LogP contribution in [0.15, 0.2) is 19.0 Å². The van der Waals surface area contributed by atoms with E-state index in [9.17, 15) is 4.79 Å². The second-order valence-corrected chi connectivity index (χ2v) is 3.89. The van der Waals surface area contributed by atoms with Gasteiger partial charge in [-0.25, -0.2) is 19.9 Å². The Balaban J connectivity index is 0.000000151. The molecule has 0 unspecified atom stereocenters. The molecular weight excluding hydrogens is 262 g/mol. The number of fused-ring (bicyclic) bond motifs is 1. The van der Waals surface area contributed by atoms with Gasteiger partial charge in [0.2, 0.25) is 5.82 Å². The molecule has 0 bridgehead atoms. The van der Waals surface area contributed by atoms with Crippen LogP contribution >= 0.6 is 0 Å². The molecule has 0 fully saturated rings. The number of nitrogens with zero attached hydrogens (tertiary/aromatic N) is 7. The van der Waals surface area contributed by atoms with Crippen LogP contribution < -0.4 is 11.5 Å². The third-order valence-electron chi connectivity index (χ3n) is 2.35. The zero-order valence-electron chi connectivity index (χ0n) is 10.9. The molecule has 3 aromatic heterocycles. The van der Waals surface area contributed by atoms with Gasteiger partial charge in [-0.2, -0.15) is 0 Å². The van der Waals surface area contributed by atoms with Gasteiger partial charge in [0.05, 0.1) is 6.33 Å². The van der Waals surface area contributed by atoms with Gasteiger partial charge in [0, 0.05) is 14.1 Å². The van der Waals surface area contributed by atoms with E-state index >= 15 is 0 Å². The Kier molecular flexibility index (Phi) is 3.55. The average Bonchev–Trinajstić information content (AvgIpc) is 2.99. The largest absolute Gasteiger partial charge is 0.382 e. The maximum absolute atomic E-state index is 10.3. The van der Waals surface area contributed by atoms with Gasteiger partial charge in [0.1, 0.15) is 18.2 Å². The minimum atomic E-state index is -0.601. The zero-order chi connectivity index (χ0) is 14.7. The van der Waals surface area contributed by atoms with Crippen molar-refractivity contribution >= 4 is 22.9 Å². The number of hydrogen-bond acceptors (Lipinski definition) is 7. The summed E-state index contributed by atoms with van der Waals surface area (Å²) in [7, 11) is 3.53. The fraction of sp³-hybridized carbons (Fsp3) is 0.200. The van der Waals surface area contributed by atoms with E-state index in [1.165, 1.54) is 17.3 Å². The Hall–Kier alpha value is -3.04. The number of carbonyl (C=O) groups is 1. The summed E-state index contributed by atoms with van der Waals surface area (Å²) in [5.74, 6) is -0.122. The summed E-state index contributed by atoms with van der Waals surface area (Å²) in [5.41, 5.74) is 11.8. The number of nitrogens with two attached hydrogens (primary N) is 2. The highest BCUT2D eigenvalue weighted by atomic mass is 16.1. The number of aryl methyl sites for hydroxylation is 2. The molecule has 0 radical (unpaired) electrons. The second kappa shape index (κ2) is 5.30. The topological polar surface area (TPSA) is 143 Å². The van der Waals surface area contributed by atoms with Crippen LogP contribution in [0.3, 0.4) is 0 Å². The Bertz CT molecular complexity index is 744. The third-order valence-corrected chi connectivity index (χ3v) is 2.35. The van der Waals surface area contributed by atoms with Gasteiger partial charge in [-0.05, 0) is 0 Å². The van der Waals surface area contributed by atoms with Crippen LogP contribution in [0.1, 0.15) is 10.6 Å². The molecule has 0 aliphatic carbocycles. The van der Waals surface area contributed by atoms with Gasteiger partial charge >= 0.3 is 0 Å². The summed E-state index contributed by atoms with van der Waals surface area (Å²) in [4.78, 5) is 25.7. The summed E-state index contributed by atoms with van der Waals surface area (Å²) in [5, 5.41) is 3.64. The van der Waals surface area contributed by atoms with Crippen LogP contribution in [0.2, 0.25) is 0 Å². The fourth-order valence-corrected chi connectivity index (χ4v) is 1.42. The molecule has 10 nitrogen and oxygen atoms in total. The number of hydrogen-bond donors (Lipinski definition) is 2. The molecule has 3 heterocycles. The first-order valence-electron chi connectivity index (χ1n) is 5.52. The van der Waals surface area contributed by atoms with Crippen LogP contribution in [0.25, 0.3) is 11.2 Å². The molecule has 0 aromatic carbocycles. The maximum atomic E-state index is 10.3. The molecule has 3 aromatic rings. The van der Waals surface area contributed by atoms with Crippen molar-refractivity contribution < 1.29 is 4.79 Å². The minimum absolute atomic E-state index is 0.0532. The molecule has 1 amide bonds. The quantitative estimate of drug-likeness (QED) is 0.571. The number of carbonyl (C=O) groups excluding carboxylic acids is 1.